The quantitative estimate of drug-likeness (QED) is 0.625. The largest absolute Gasteiger partial charge is 0.304 e. The van der Waals surface area contributed by atoms with Crippen LogP contribution in [0.5, 0.6) is 0 Å². The zero-order valence-electron chi connectivity index (χ0n) is 7.41. The van der Waals surface area contributed by atoms with Crippen LogP contribution in [-0.2, 0) is 6.42 Å². The molecular formula is C10H12N2. The van der Waals surface area contributed by atoms with Crippen molar-refractivity contribution in [3.63, 3.8) is 0 Å². The molecule has 0 amide bonds. The van der Waals surface area contributed by atoms with E-state index in [0.717, 1.165) is 12.1 Å². The van der Waals surface area contributed by atoms with Gasteiger partial charge in [0.05, 0.1) is 0 Å². The summed E-state index contributed by atoms with van der Waals surface area (Å²) in [5.41, 5.74) is 3.58. The van der Waals surface area contributed by atoms with E-state index >= 15 is 0 Å². The molecule has 2 nitrogen and oxygen atoms in total. The molecule has 0 aliphatic carbocycles. The van der Waals surface area contributed by atoms with Gasteiger partial charge < -0.3 is 4.40 Å². The number of rotatable bonds is 1. The first-order valence-corrected chi connectivity index (χ1v) is 4.24. The van der Waals surface area contributed by atoms with Crippen molar-refractivity contribution in [3.05, 3.63) is 35.8 Å². The molecule has 0 atom stereocenters. The minimum absolute atomic E-state index is 1.05. The molecule has 2 heterocycles. The number of aromatic nitrogens is 2. The lowest BCUT2D eigenvalue weighted by atomic mass is 10.2. The Morgan fingerprint density at radius 3 is 3.08 bits per heavy atom. The van der Waals surface area contributed by atoms with Crippen LogP contribution in [0.3, 0.4) is 0 Å². The molecule has 12 heavy (non-hydrogen) atoms. The first kappa shape index (κ1) is 7.35. The maximum absolute atomic E-state index is 4.29. The Morgan fingerprint density at radius 2 is 2.33 bits per heavy atom. The molecule has 0 unspecified atom stereocenters. The van der Waals surface area contributed by atoms with Gasteiger partial charge in [-0.1, -0.05) is 6.92 Å². The van der Waals surface area contributed by atoms with Crippen LogP contribution in [0.25, 0.3) is 5.65 Å². The molecule has 2 heteroatoms. The summed E-state index contributed by atoms with van der Waals surface area (Å²) in [7, 11) is 0. The molecule has 0 aromatic carbocycles. The van der Waals surface area contributed by atoms with Gasteiger partial charge >= 0.3 is 0 Å². The molecular weight excluding hydrogens is 148 g/mol. The Morgan fingerprint density at radius 1 is 1.50 bits per heavy atom. The van der Waals surface area contributed by atoms with E-state index in [2.05, 4.69) is 41.6 Å². The number of hydrogen-bond donors (Lipinski definition) is 0. The Hall–Kier alpha value is -1.31. The van der Waals surface area contributed by atoms with Gasteiger partial charge in [-0.25, -0.2) is 4.98 Å². The summed E-state index contributed by atoms with van der Waals surface area (Å²) in [5.74, 6) is 0. The molecule has 2 aromatic rings. The van der Waals surface area contributed by atoms with Crippen molar-refractivity contribution < 1.29 is 0 Å². The minimum atomic E-state index is 1.05. The highest BCUT2D eigenvalue weighted by Crippen LogP contribution is 2.08. The van der Waals surface area contributed by atoms with E-state index in [1.165, 1.54) is 11.3 Å². The van der Waals surface area contributed by atoms with Gasteiger partial charge in [0.2, 0.25) is 0 Å². The van der Waals surface area contributed by atoms with E-state index in [-0.39, 0.29) is 0 Å². The second-order valence-electron chi connectivity index (χ2n) is 3.02. The molecule has 0 aliphatic heterocycles. The van der Waals surface area contributed by atoms with Gasteiger partial charge in [0.1, 0.15) is 5.65 Å². The summed E-state index contributed by atoms with van der Waals surface area (Å²) in [5, 5.41) is 0. The third-order valence-electron chi connectivity index (χ3n) is 2.17. The second kappa shape index (κ2) is 2.63. The molecule has 0 bridgehead atoms. The van der Waals surface area contributed by atoms with E-state index in [0.29, 0.717) is 0 Å². The third-order valence-corrected chi connectivity index (χ3v) is 2.17. The Kier molecular flexibility index (Phi) is 1.61. The molecule has 0 aliphatic rings. The van der Waals surface area contributed by atoms with Crippen molar-refractivity contribution in [1.29, 1.82) is 0 Å². The van der Waals surface area contributed by atoms with Gasteiger partial charge in [-0.05, 0) is 31.0 Å². The lowest BCUT2D eigenvalue weighted by Gasteiger charge is -1.98. The number of fused-ring (bicyclic) bond motifs is 1. The monoisotopic (exact) mass is 160 g/mol. The van der Waals surface area contributed by atoms with Gasteiger partial charge in [-0.3, -0.25) is 0 Å². The summed E-state index contributed by atoms with van der Waals surface area (Å²) in [4.78, 5) is 4.29. The standard InChI is InChI=1S/C10H12N2/c1-3-9-4-5-12-8(2)7-11-10(12)6-9/h4-7H,3H2,1-2H3. The highest BCUT2D eigenvalue weighted by Gasteiger charge is 1.97. The molecule has 2 aromatic heterocycles. The first-order valence-electron chi connectivity index (χ1n) is 4.24. The van der Waals surface area contributed by atoms with Crippen LogP contribution < -0.4 is 0 Å². The summed E-state index contributed by atoms with van der Waals surface area (Å²) in [6.45, 7) is 4.22. The van der Waals surface area contributed by atoms with Gasteiger partial charge in [0, 0.05) is 18.1 Å². The smallest absolute Gasteiger partial charge is 0.137 e. The molecule has 2 rings (SSSR count). The lowest BCUT2D eigenvalue weighted by molar-refractivity contribution is 1.07. The van der Waals surface area contributed by atoms with Crippen molar-refractivity contribution in [3.8, 4) is 0 Å². The molecule has 0 fully saturated rings. The van der Waals surface area contributed by atoms with E-state index in [1.807, 2.05) is 6.20 Å². The Labute approximate surface area is 71.9 Å². The van der Waals surface area contributed by atoms with Crippen LogP contribution in [0.1, 0.15) is 18.2 Å². The van der Waals surface area contributed by atoms with Crippen LogP contribution in [0.4, 0.5) is 0 Å². The predicted octanol–water partition coefficient (Wildman–Crippen LogP) is 2.21. The number of imidazole rings is 1. The summed E-state index contributed by atoms with van der Waals surface area (Å²) in [6.07, 6.45) is 5.05. The van der Waals surface area contributed by atoms with E-state index < -0.39 is 0 Å². The minimum Gasteiger partial charge on any atom is -0.304 e. The normalized spacial score (nSPS) is 10.8. The predicted molar refractivity (Wildman–Crippen MR) is 49.3 cm³/mol. The summed E-state index contributed by atoms with van der Waals surface area (Å²) in [6, 6.07) is 4.27. The van der Waals surface area contributed by atoms with Gasteiger partial charge in [0.15, 0.2) is 0 Å². The van der Waals surface area contributed by atoms with Crippen molar-refractivity contribution >= 4 is 5.65 Å². The SMILES string of the molecule is CCc1ccn2c(C)cnc2c1. The topological polar surface area (TPSA) is 17.3 Å². The number of pyridine rings is 1. The van der Waals surface area contributed by atoms with E-state index in [4.69, 9.17) is 0 Å². The van der Waals surface area contributed by atoms with Crippen molar-refractivity contribution in [2.75, 3.05) is 0 Å². The molecule has 0 saturated heterocycles. The van der Waals surface area contributed by atoms with Crippen LogP contribution in [0.2, 0.25) is 0 Å². The zero-order valence-corrected chi connectivity index (χ0v) is 7.41. The lowest BCUT2D eigenvalue weighted by Crippen LogP contribution is -1.88. The van der Waals surface area contributed by atoms with Crippen LogP contribution in [-0.4, -0.2) is 9.38 Å². The van der Waals surface area contributed by atoms with Crippen LogP contribution in [0, 0.1) is 6.92 Å². The maximum atomic E-state index is 4.29. The maximum Gasteiger partial charge on any atom is 0.137 e. The zero-order chi connectivity index (χ0) is 8.55. The molecule has 0 radical (unpaired) electrons. The highest BCUT2D eigenvalue weighted by molar-refractivity contribution is 5.43. The molecule has 0 N–H and O–H groups in total. The molecule has 0 saturated carbocycles. The van der Waals surface area contributed by atoms with Gasteiger partial charge in [-0.2, -0.15) is 0 Å². The number of nitrogens with zero attached hydrogens (tertiary/aromatic N) is 2. The Bertz CT molecular complexity index is 401. The third kappa shape index (κ3) is 0.998. The average Bonchev–Trinajstić information content (AvgIpc) is 2.47. The van der Waals surface area contributed by atoms with Gasteiger partial charge in [0.25, 0.3) is 0 Å². The number of aryl methyl sites for hydroxylation is 2. The van der Waals surface area contributed by atoms with E-state index in [9.17, 15) is 0 Å². The number of hydrogen-bond acceptors (Lipinski definition) is 1. The molecule has 62 valence electrons. The summed E-state index contributed by atoms with van der Waals surface area (Å²) >= 11 is 0. The van der Waals surface area contributed by atoms with E-state index in [1.54, 1.807) is 0 Å². The second-order valence-corrected chi connectivity index (χ2v) is 3.02. The summed E-state index contributed by atoms with van der Waals surface area (Å²) < 4.78 is 2.10. The fraction of sp³-hybridized carbons (Fsp3) is 0.300. The first-order chi connectivity index (χ1) is 5.81. The fourth-order valence-electron chi connectivity index (χ4n) is 1.37. The van der Waals surface area contributed by atoms with Crippen LogP contribution >= 0.6 is 0 Å². The van der Waals surface area contributed by atoms with Crippen molar-refractivity contribution in [2.45, 2.75) is 20.3 Å². The van der Waals surface area contributed by atoms with Crippen LogP contribution in [0.15, 0.2) is 24.5 Å². The van der Waals surface area contributed by atoms with Crippen molar-refractivity contribution in [2.24, 2.45) is 0 Å². The van der Waals surface area contributed by atoms with Gasteiger partial charge in [-0.15, -0.1) is 0 Å². The average molecular weight is 160 g/mol. The fourth-order valence-corrected chi connectivity index (χ4v) is 1.37. The molecule has 0 spiro atoms. The highest BCUT2D eigenvalue weighted by atomic mass is 15.0. The Balaban J connectivity index is 2.69. The van der Waals surface area contributed by atoms with Crippen molar-refractivity contribution in [1.82, 2.24) is 9.38 Å².